The van der Waals surface area contributed by atoms with E-state index in [1.54, 1.807) is 6.20 Å². The molecule has 0 aliphatic rings. The van der Waals surface area contributed by atoms with Gasteiger partial charge in [-0.1, -0.05) is 28.1 Å². The summed E-state index contributed by atoms with van der Waals surface area (Å²) in [6.45, 7) is 0.641. The van der Waals surface area contributed by atoms with Gasteiger partial charge in [-0.05, 0) is 35.0 Å². The smallest absolute Gasteiger partial charge is 0.180 e. The van der Waals surface area contributed by atoms with E-state index in [1.807, 2.05) is 6.07 Å². The van der Waals surface area contributed by atoms with Crippen molar-refractivity contribution in [2.24, 2.45) is 0 Å². The Morgan fingerprint density at radius 3 is 2.78 bits per heavy atom. The molecule has 0 saturated carbocycles. The highest BCUT2D eigenvalue weighted by atomic mass is 79.9. The fraction of sp³-hybridized carbons (Fsp3) is 0.0714. The van der Waals surface area contributed by atoms with Crippen molar-refractivity contribution in [3.63, 3.8) is 0 Å². The normalized spacial score (nSPS) is 10.7. The van der Waals surface area contributed by atoms with Crippen molar-refractivity contribution in [1.82, 2.24) is 4.98 Å². The number of rotatable bonds is 3. The summed E-state index contributed by atoms with van der Waals surface area (Å²) >= 11 is 3.47. The number of hydrogen-bond acceptors (Lipinski definition) is 3. The molecule has 0 bridgehead atoms. The fourth-order valence-electron chi connectivity index (χ4n) is 1.85. The number of benzene rings is 2. The predicted octanol–water partition coefficient (Wildman–Crippen LogP) is 4.20. The van der Waals surface area contributed by atoms with Crippen LogP contribution in [0.2, 0.25) is 0 Å². The van der Waals surface area contributed by atoms with E-state index in [0.29, 0.717) is 6.54 Å². The second-order valence-corrected chi connectivity index (χ2v) is 4.94. The van der Waals surface area contributed by atoms with Crippen LogP contribution in [0.3, 0.4) is 0 Å². The van der Waals surface area contributed by atoms with E-state index in [-0.39, 0.29) is 0 Å². The topological polar surface area (TPSA) is 38.1 Å². The number of halogens is 1. The lowest BCUT2D eigenvalue weighted by Crippen LogP contribution is -1.97. The Morgan fingerprint density at radius 1 is 1.11 bits per heavy atom. The van der Waals surface area contributed by atoms with Crippen LogP contribution in [0.5, 0.6) is 0 Å². The lowest BCUT2D eigenvalue weighted by Gasteiger charge is -2.06. The summed E-state index contributed by atoms with van der Waals surface area (Å²) in [6.07, 6.45) is 3.15. The van der Waals surface area contributed by atoms with E-state index in [2.05, 4.69) is 56.6 Å². The van der Waals surface area contributed by atoms with Crippen molar-refractivity contribution in [3.8, 4) is 0 Å². The molecule has 0 aliphatic carbocycles. The van der Waals surface area contributed by atoms with Crippen LogP contribution in [0.15, 0.2) is 57.9 Å². The minimum atomic E-state index is 0.641. The standard InChI is InChI=1S/C14H11BrN2O/c15-12-3-1-11-6-13(4-2-10(11)5-12)17-8-14-7-16-9-18-14/h1-7,9,17H,8H2. The Balaban J connectivity index is 1.82. The average molecular weight is 303 g/mol. The van der Waals surface area contributed by atoms with Crippen LogP contribution < -0.4 is 5.32 Å². The molecule has 1 aromatic heterocycles. The van der Waals surface area contributed by atoms with Gasteiger partial charge in [-0.25, -0.2) is 4.98 Å². The number of nitrogens with one attached hydrogen (secondary N) is 1. The predicted molar refractivity (Wildman–Crippen MR) is 75.5 cm³/mol. The third-order valence-corrected chi connectivity index (χ3v) is 3.25. The Hall–Kier alpha value is -1.81. The molecule has 1 heterocycles. The Labute approximate surface area is 113 Å². The molecule has 0 spiro atoms. The maximum Gasteiger partial charge on any atom is 0.180 e. The number of aromatic nitrogens is 1. The first-order valence-corrected chi connectivity index (χ1v) is 6.41. The molecule has 3 rings (SSSR count). The van der Waals surface area contributed by atoms with Gasteiger partial charge in [0.1, 0.15) is 5.76 Å². The molecule has 3 nitrogen and oxygen atoms in total. The van der Waals surface area contributed by atoms with Gasteiger partial charge in [0.2, 0.25) is 0 Å². The number of oxazole rings is 1. The minimum absolute atomic E-state index is 0.641. The lowest BCUT2D eigenvalue weighted by molar-refractivity contribution is 0.512. The van der Waals surface area contributed by atoms with Gasteiger partial charge >= 0.3 is 0 Å². The first-order valence-electron chi connectivity index (χ1n) is 5.62. The third-order valence-electron chi connectivity index (χ3n) is 2.75. The Kier molecular flexibility index (Phi) is 3.02. The summed E-state index contributed by atoms with van der Waals surface area (Å²) in [4.78, 5) is 3.88. The van der Waals surface area contributed by atoms with Crippen LogP contribution >= 0.6 is 15.9 Å². The van der Waals surface area contributed by atoms with Crippen LogP contribution in [0.1, 0.15) is 5.76 Å². The zero-order chi connectivity index (χ0) is 12.4. The molecule has 0 atom stereocenters. The maximum atomic E-state index is 5.18. The van der Waals surface area contributed by atoms with Crippen molar-refractivity contribution in [1.29, 1.82) is 0 Å². The van der Waals surface area contributed by atoms with Gasteiger partial charge < -0.3 is 9.73 Å². The van der Waals surface area contributed by atoms with E-state index in [9.17, 15) is 0 Å². The molecule has 2 aromatic carbocycles. The van der Waals surface area contributed by atoms with E-state index >= 15 is 0 Å². The van der Waals surface area contributed by atoms with Gasteiger partial charge in [-0.2, -0.15) is 0 Å². The highest BCUT2D eigenvalue weighted by Crippen LogP contribution is 2.23. The van der Waals surface area contributed by atoms with E-state index in [0.717, 1.165) is 15.9 Å². The second-order valence-electron chi connectivity index (χ2n) is 4.03. The lowest BCUT2D eigenvalue weighted by atomic mass is 10.1. The van der Waals surface area contributed by atoms with Crippen LogP contribution in [-0.2, 0) is 6.54 Å². The van der Waals surface area contributed by atoms with Crippen molar-refractivity contribution < 1.29 is 4.42 Å². The summed E-state index contributed by atoms with van der Waals surface area (Å²) in [6, 6.07) is 12.5. The average Bonchev–Trinajstić information content (AvgIpc) is 2.89. The van der Waals surface area contributed by atoms with E-state index < -0.39 is 0 Å². The fourth-order valence-corrected chi connectivity index (χ4v) is 2.22. The molecule has 0 amide bonds. The van der Waals surface area contributed by atoms with Gasteiger partial charge in [-0.15, -0.1) is 0 Å². The summed E-state index contributed by atoms with van der Waals surface area (Å²) in [5.41, 5.74) is 1.07. The monoisotopic (exact) mass is 302 g/mol. The zero-order valence-electron chi connectivity index (χ0n) is 9.56. The summed E-state index contributed by atoms with van der Waals surface area (Å²) in [7, 11) is 0. The molecule has 0 unspecified atom stereocenters. The largest absolute Gasteiger partial charge is 0.447 e. The number of nitrogens with zero attached hydrogens (tertiary/aromatic N) is 1. The van der Waals surface area contributed by atoms with Crippen LogP contribution in [0.25, 0.3) is 10.8 Å². The second kappa shape index (κ2) is 4.82. The number of anilines is 1. The molecule has 0 fully saturated rings. The van der Waals surface area contributed by atoms with E-state index in [4.69, 9.17) is 4.42 Å². The van der Waals surface area contributed by atoms with Gasteiger partial charge in [-0.3, -0.25) is 0 Å². The third kappa shape index (κ3) is 2.38. The van der Waals surface area contributed by atoms with Gasteiger partial charge in [0, 0.05) is 10.2 Å². The van der Waals surface area contributed by atoms with Crippen molar-refractivity contribution >= 4 is 32.4 Å². The summed E-state index contributed by atoms with van der Waals surface area (Å²) in [5.74, 6) is 0.825. The van der Waals surface area contributed by atoms with E-state index in [1.165, 1.54) is 17.2 Å². The molecule has 0 saturated heterocycles. The van der Waals surface area contributed by atoms with Gasteiger partial charge in [0.25, 0.3) is 0 Å². The summed E-state index contributed by atoms with van der Waals surface area (Å²) in [5, 5.41) is 5.73. The van der Waals surface area contributed by atoms with Crippen LogP contribution in [0.4, 0.5) is 5.69 Å². The SMILES string of the molecule is Brc1ccc2cc(NCc3cnco3)ccc2c1. The minimum Gasteiger partial charge on any atom is -0.447 e. The quantitative estimate of drug-likeness (QED) is 0.788. The first-order chi connectivity index (χ1) is 8.81. The maximum absolute atomic E-state index is 5.18. The molecule has 4 heteroatoms. The highest BCUT2D eigenvalue weighted by molar-refractivity contribution is 9.10. The molecule has 1 N–H and O–H groups in total. The number of fused-ring (bicyclic) bond motifs is 1. The first kappa shape index (κ1) is 11.3. The molecule has 90 valence electrons. The van der Waals surface area contributed by atoms with Crippen LogP contribution in [0, 0.1) is 0 Å². The van der Waals surface area contributed by atoms with Crippen molar-refractivity contribution in [2.45, 2.75) is 6.54 Å². The van der Waals surface area contributed by atoms with Crippen molar-refractivity contribution in [2.75, 3.05) is 5.32 Å². The van der Waals surface area contributed by atoms with Crippen molar-refractivity contribution in [3.05, 3.63) is 59.2 Å². The molecule has 0 aliphatic heterocycles. The summed E-state index contributed by atoms with van der Waals surface area (Å²) < 4.78 is 6.27. The number of hydrogen-bond donors (Lipinski definition) is 1. The Morgan fingerprint density at radius 2 is 1.94 bits per heavy atom. The van der Waals surface area contributed by atoms with Gasteiger partial charge in [0.05, 0.1) is 12.7 Å². The zero-order valence-corrected chi connectivity index (χ0v) is 11.1. The highest BCUT2D eigenvalue weighted by Gasteiger charge is 1.99. The van der Waals surface area contributed by atoms with Gasteiger partial charge in [0.15, 0.2) is 6.39 Å². The Bertz CT molecular complexity index is 665. The molecule has 0 radical (unpaired) electrons. The molecular formula is C14H11BrN2O. The molecule has 18 heavy (non-hydrogen) atoms. The van der Waals surface area contributed by atoms with Crippen LogP contribution in [-0.4, -0.2) is 4.98 Å². The molecule has 3 aromatic rings. The molecular weight excluding hydrogens is 292 g/mol.